The van der Waals surface area contributed by atoms with E-state index < -0.39 is 0 Å². The van der Waals surface area contributed by atoms with E-state index in [1.807, 2.05) is 27.7 Å². The van der Waals surface area contributed by atoms with Crippen LogP contribution in [0.2, 0.25) is 0 Å². The van der Waals surface area contributed by atoms with E-state index in [9.17, 15) is 4.79 Å². The lowest BCUT2D eigenvalue weighted by atomic mass is 9.91. The van der Waals surface area contributed by atoms with Crippen molar-refractivity contribution in [3.63, 3.8) is 0 Å². The molecule has 0 amide bonds. The Bertz CT molecular complexity index is 534. The highest BCUT2D eigenvalue weighted by molar-refractivity contribution is 5.78. The Labute approximate surface area is 98.4 Å². The van der Waals surface area contributed by atoms with Crippen LogP contribution in [0.5, 0.6) is 0 Å². The minimum Gasteiger partial charge on any atom is -0.243 e. The summed E-state index contributed by atoms with van der Waals surface area (Å²) < 4.78 is 2.40. The van der Waals surface area contributed by atoms with E-state index in [0.29, 0.717) is 0 Å². The van der Waals surface area contributed by atoms with Gasteiger partial charge in [0.2, 0.25) is 0 Å². The van der Waals surface area contributed by atoms with Crippen molar-refractivity contribution in [2.75, 3.05) is 0 Å². The maximum atomic E-state index is 12.1. The van der Waals surface area contributed by atoms with Crippen molar-refractivity contribution in [1.82, 2.24) is 30.0 Å². The molecule has 7 nitrogen and oxygen atoms in total. The van der Waals surface area contributed by atoms with Crippen molar-refractivity contribution in [2.45, 2.75) is 33.1 Å². The first-order valence-electron chi connectivity index (χ1n) is 5.25. The van der Waals surface area contributed by atoms with Crippen LogP contribution < -0.4 is 0 Å². The molecule has 0 saturated heterocycles. The molecule has 0 radical (unpaired) electrons. The molecule has 0 aromatic carbocycles. The summed E-state index contributed by atoms with van der Waals surface area (Å²) in [6.45, 7) is 7.84. The smallest absolute Gasteiger partial charge is 0.243 e. The first kappa shape index (κ1) is 11.4. The van der Waals surface area contributed by atoms with Gasteiger partial charge in [-0.3, -0.25) is 0 Å². The number of carbonyl (C=O) groups is 1. The zero-order valence-electron chi connectivity index (χ0n) is 10.2. The largest absolute Gasteiger partial charge is 0.372 e. The van der Waals surface area contributed by atoms with Crippen LogP contribution in [0, 0.1) is 6.92 Å². The molecule has 0 fully saturated rings. The van der Waals surface area contributed by atoms with E-state index in [-0.39, 0.29) is 11.4 Å². The van der Waals surface area contributed by atoms with Gasteiger partial charge in [-0.2, -0.15) is 9.36 Å². The molecular weight excluding hydrogens is 220 g/mol. The second kappa shape index (κ2) is 3.76. The number of aromatic nitrogens is 6. The number of rotatable bonds is 0. The highest BCUT2D eigenvalue weighted by atomic mass is 16.2. The van der Waals surface area contributed by atoms with Gasteiger partial charge in [0.15, 0.2) is 0 Å². The van der Waals surface area contributed by atoms with E-state index in [4.69, 9.17) is 0 Å². The molecule has 0 N–H and O–H groups in total. The van der Waals surface area contributed by atoms with E-state index >= 15 is 0 Å². The normalized spacial score (nSPS) is 11.8. The van der Waals surface area contributed by atoms with Crippen LogP contribution in [0.4, 0.5) is 4.79 Å². The predicted octanol–water partition coefficient (Wildman–Crippen LogP) is 0.992. The van der Waals surface area contributed by atoms with E-state index in [0.717, 1.165) is 16.1 Å². The van der Waals surface area contributed by atoms with Gasteiger partial charge in [0.05, 0.1) is 23.8 Å². The van der Waals surface area contributed by atoms with Crippen LogP contribution in [0.25, 0.3) is 0 Å². The number of nitrogens with zero attached hydrogens (tertiary/aromatic N) is 6. The summed E-state index contributed by atoms with van der Waals surface area (Å²) >= 11 is 0. The summed E-state index contributed by atoms with van der Waals surface area (Å²) in [5.74, 6) is 0. The second-order valence-electron chi connectivity index (χ2n) is 4.82. The molecule has 0 atom stereocenters. The Morgan fingerprint density at radius 1 is 1.29 bits per heavy atom. The average Bonchev–Trinajstić information content (AvgIpc) is 2.83. The topological polar surface area (TPSA) is 78.5 Å². The lowest BCUT2D eigenvalue weighted by Crippen LogP contribution is -2.28. The third kappa shape index (κ3) is 1.95. The van der Waals surface area contributed by atoms with Crippen LogP contribution >= 0.6 is 0 Å². The molecule has 2 aromatic rings. The summed E-state index contributed by atoms with van der Waals surface area (Å²) in [5.41, 5.74) is 1.30. The molecule has 0 aliphatic heterocycles. The molecule has 2 rings (SSSR count). The number of aryl methyl sites for hydroxylation is 1. The van der Waals surface area contributed by atoms with Crippen LogP contribution in [-0.4, -0.2) is 36.0 Å². The SMILES string of the molecule is Cc1nnn(C(=O)n2ccnn2)c1C(C)(C)C. The van der Waals surface area contributed by atoms with Crippen molar-refractivity contribution in [1.29, 1.82) is 0 Å². The van der Waals surface area contributed by atoms with E-state index in [1.54, 1.807) is 0 Å². The maximum Gasteiger partial charge on any atom is 0.372 e. The Kier molecular flexibility index (Phi) is 2.53. The summed E-state index contributed by atoms with van der Waals surface area (Å²) in [7, 11) is 0. The van der Waals surface area contributed by atoms with E-state index in [2.05, 4.69) is 20.6 Å². The summed E-state index contributed by atoms with van der Waals surface area (Å²) in [5, 5.41) is 15.1. The molecule has 0 spiro atoms. The summed E-state index contributed by atoms with van der Waals surface area (Å²) in [4.78, 5) is 12.1. The van der Waals surface area contributed by atoms with Gasteiger partial charge in [-0.15, -0.1) is 10.2 Å². The molecule has 0 aliphatic carbocycles. The monoisotopic (exact) mass is 234 g/mol. The molecule has 0 bridgehead atoms. The van der Waals surface area contributed by atoms with Crippen molar-refractivity contribution in [2.24, 2.45) is 0 Å². The molecule has 0 aliphatic rings. The zero-order valence-corrected chi connectivity index (χ0v) is 10.2. The second-order valence-corrected chi connectivity index (χ2v) is 4.82. The van der Waals surface area contributed by atoms with Gasteiger partial charge in [0, 0.05) is 5.41 Å². The molecule has 17 heavy (non-hydrogen) atoms. The summed E-state index contributed by atoms with van der Waals surface area (Å²) in [6, 6.07) is -0.381. The third-order valence-corrected chi connectivity index (χ3v) is 2.35. The average molecular weight is 234 g/mol. The van der Waals surface area contributed by atoms with Crippen molar-refractivity contribution in [3.05, 3.63) is 23.8 Å². The molecular formula is C10H14N6O. The minimum absolute atomic E-state index is 0.218. The zero-order chi connectivity index (χ0) is 12.6. The highest BCUT2D eigenvalue weighted by Gasteiger charge is 2.27. The van der Waals surface area contributed by atoms with Gasteiger partial charge >= 0.3 is 6.03 Å². The number of hydrogen-bond acceptors (Lipinski definition) is 5. The number of hydrogen-bond donors (Lipinski definition) is 0. The fourth-order valence-electron chi connectivity index (χ4n) is 1.76. The molecule has 0 saturated carbocycles. The number of carbonyl (C=O) groups excluding carboxylic acids is 1. The van der Waals surface area contributed by atoms with Crippen LogP contribution in [0.15, 0.2) is 12.4 Å². The van der Waals surface area contributed by atoms with Crippen molar-refractivity contribution >= 4 is 6.03 Å². The highest BCUT2D eigenvalue weighted by Crippen LogP contribution is 2.23. The van der Waals surface area contributed by atoms with Gasteiger partial charge in [0.25, 0.3) is 0 Å². The third-order valence-electron chi connectivity index (χ3n) is 2.35. The lowest BCUT2D eigenvalue weighted by molar-refractivity contribution is 0.235. The molecule has 0 unspecified atom stereocenters. The Morgan fingerprint density at radius 3 is 2.53 bits per heavy atom. The van der Waals surface area contributed by atoms with Gasteiger partial charge in [-0.25, -0.2) is 4.79 Å². The maximum absolute atomic E-state index is 12.1. The molecule has 2 aromatic heterocycles. The quantitative estimate of drug-likeness (QED) is 0.679. The first-order chi connectivity index (χ1) is 7.91. The minimum atomic E-state index is -0.381. The summed E-state index contributed by atoms with van der Waals surface area (Å²) in [6.07, 6.45) is 2.92. The fraction of sp³-hybridized carbons (Fsp3) is 0.500. The molecule has 7 heteroatoms. The van der Waals surface area contributed by atoms with Gasteiger partial charge in [-0.05, 0) is 6.92 Å². The van der Waals surface area contributed by atoms with Crippen LogP contribution in [-0.2, 0) is 5.41 Å². The van der Waals surface area contributed by atoms with E-state index in [1.165, 1.54) is 17.1 Å². The lowest BCUT2D eigenvalue weighted by Gasteiger charge is -2.19. The Balaban J connectivity index is 2.51. The van der Waals surface area contributed by atoms with Crippen molar-refractivity contribution < 1.29 is 4.79 Å². The Hall–Kier alpha value is -2.05. The molecule has 90 valence electrons. The molecule has 2 heterocycles. The van der Waals surface area contributed by atoms with Crippen LogP contribution in [0.3, 0.4) is 0 Å². The van der Waals surface area contributed by atoms with Gasteiger partial charge in [-0.1, -0.05) is 31.2 Å². The van der Waals surface area contributed by atoms with Crippen molar-refractivity contribution in [3.8, 4) is 0 Å². The van der Waals surface area contributed by atoms with Crippen LogP contribution in [0.1, 0.15) is 32.2 Å². The Morgan fingerprint density at radius 2 is 2.00 bits per heavy atom. The predicted molar refractivity (Wildman–Crippen MR) is 59.7 cm³/mol. The standard InChI is InChI=1S/C10H14N6O/c1-7-8(10(2,3)4)16(14-12-7)9(17)15-6-5-11-13-15/h5-6H,1-4H3. The fourth-order valence-corrected chi connectivity index (χ4v) is 1.76. The van der Waals surface area contributed by atoms with Gasteiger partial charge < -0.3 is 0 Å². The first-order valence-corrected chi connectivity index (χ1v) is 5.25. The van der Waals surface area contributed by atoms with Gasteiger partial charge in [0.1, 0.15) is 0 Å².